The lowest BCUT2D eigenvalue weighted by molar-refractivity contribution is -0.594. The molecule has 0 saturated carbocycles. The summed E-state index contributed by atoms with van der Waals surface area (Å²) in [6.07, 6.45) is 5.70. The van der Waals surface area contributed by atoms with E-state index in [0.29, 0.717) is 0 Å². The smallest absolute Gasteiger partial charge is 0.246 e. The van der Waals surface area contributed by atoms with Crippen LogP contribution in [0.1, 0.15) is 0 Å². The van der Waals surface area contributed by atoms with Gasteiger partial charge in [0, 0.05) is 5.02 Å². The van der Waals surface area contributed by atoms with Gasteiger partial charge in [0.25, 0.3) is 0 Å². The molecular formula is C9H8ClN2+. The Morgan fingerprint density at radius 1 is 1.17 bits per heavy atom. The molecule has 2 nitrogen and oxygen atoms in total. The second kappa shape index (κ2) is 2.99. The molecule has 2 rings (SSSR count). The van der Waals surface area contributed by atoms with Crippen LogP contribution < -0.4 is 4.57 Å². The lowest BCUT2D eigenvalue weighted by Gasteiger charge is -1.93. The number of nitrogens with zero attached hydrogens (tertiary/aromatic N) is 1. The molecule has 0 radical (unpaired) electrons. The van der Waals surface area contributed by atoms with E-state index in [4.69, 9.17) is 11.6 Å². The third kappa shape index (κ3) is 1.34. The first kappa shape index (κ1) is 7.37. The summed E-state index contributed by atoms with van der Waals surface area (Å²) in [6, 6.07) is 7.68. The van der Waals surface area contributed by atoms with Crippen LogP contribution in [0.2, 0.25) is 5.02 Å². The quantitative estimate of drug-likeness (QED) is 0.646. The molecule has 0 aliphatic rings. The van der Waals surface area contributed by atoms with Gasteiger partial charge in [-0.05, 0) is 24.3 Å². The minimum Gasteiger partial charge on any atom is -0.250 e. The Bertz CT molecular complexity index is 351. The van der Waals surface area contributed by atoms with Gasteiger partial charge in [-0.1, -0.05) is 11.6 Å². The number of hydrogen-bond donors (Lipinski definition) is 1. The number of rotatable bonds is 1. The van der Waals surface area contributed by atoms with E-state index in [1.54, 1.807) is 0 Å². The van der Waals surface area contributed by atoms with Crippen molar-refractivity contribution >= 4 is 11.6 Å². The summed E-state index contributed by atoms with van der Waals surface area (Å²) >= 11 is 5.76. The molecule has 0 aliphatic carbocycles. The number of imidazole rings is 1. The lowest BCUT2D eigenvalue weighted by atomic mass is 10.3. The number of benzene rings is 1. The van der Waals surface area contributed by atoms with Crippen molar-refractivity contribution in [3.63, 3.8) is 0 Å². The Balaban J connectivity index is 2.43. The number of H-pyrrole nitrogens is 1. The molecule has 1 heterocycles. The molecule has 2 aromatic rings. The van der Waals surface area contributed by atoms with Crippen LogP contribution in [0.3, 0.4) is 0 Å². The van der Waals surface area contributed by atoms with Gasteiger partial charge >= 0.3 is 0 Å². The zero-order valence-corrected chi connectivity index (χ0v) is 7.12. The number of aromatic nitrogens is 2. The van der Waals surface area contributed by atoms with Gasteiger partial charge in [0.1, 0.15) is 18.1 Å². The van der Waals surface area contributed by atoms with Crippen molar-refractivity contribution in [3.05, 3.63) is 48.0 Å². The van der Waals surface area contributed by atoms with Crippen LogP contribution in [0.4, 0.5) is 0 Å². The Kier molecular flexibility index (Phi) is 1.84. The van der Waals surface area contributed by atoms with Crippen molar-refractivity contribution in [2.75, 3.05) is 0 Å². The second-order valence-electron chi connectivity index (χ2n) is 2.50. The summed E-state index contributed by atoms with van der Waals surface area (Å²) in [5.41, 5.74) is 1.10. The minimum atomic E-state index is 0.759. The largest absolute Gasteiger partial charge is 0.250 e. The summed E-state index contributed by atoms with van der Waals surface area (Å²) in [7, 11) is 0. The molecular weight excluding hydrogens is 172 g/mol. The van der Waals surface area contributed by atoms with Crippen molar-refractivity contribution in [3.8, 4) is 5.69 Å². The molecule has 0 spiro atoms. The summed E-state index contributed by atoms with van der Waals surface area (Å²) in [5, 5.41) is 0.759. The van der Waals surface area contributed by atoms with Crippen molar-refractivity contribution in [1.82, 2.24) is 4.98 Å². The predicted octanol–water partition coefficient (Wildman–Crippen LogP) is 1.94. The summed E-state index contributed by atoms with van der Waals surface area (Å²) in [5.74, 6) is 0. The molecule has 0 bridgehead atoms. The van der Waals surface area contributed by atoms with Gasteiger partial charge in [0.2, 0.25) is 6.33 Å². The zero-order valence-electron chi connectivity index (χ0n) is 6.37. The van der Waals surface area contributed by atoms with Crippen LogP contribution >= 0.6 is 11.6 Å². The summed E-state index contributed by atoms with van der Waals surface area (Å²) < 4.78 is 1.98. The standard InChI is InChI=1S/C9H7ClN2/c10-8-1-3-9(4-2-8)12-6-5-11-7-12/h1-7H/p+1. The van der Waals surface area contributed by atoms with Crippen molar-refractivity contribution in [1.29, 1.82) is 0 Å². The molecule has 1 N–H and O–H groups in total. The Labute approximate surface area is 75.4 Å². The van der Waals surface area contributed by atoms with E-state index in [2.05, 4.69) is 4.98 Å². The normalized spacial score (nSPS) is 10.1. The van der Waals surface area contributed by atoms with Gasteiger partial charge in [-0.2, -0.15) is 0 Å². The highest BCUT2D eigenvalue weighted by molar-refractivity contribution is 6.30. The summed E-state index contributed by atoms with van der Waals surface area (Å²) in [4.78, 5) is 2.97. The van der Waals surface area contributed by atoms with E-state index < -0.39 is 0 Å². The van der Waals surface area contributed by atoms with Crippen molar-refractivity contribution in [2.45, 2.75) is 0 Å². The maximum Gasteiger partial charge on any atom is 0.246 e. The number of halogens is 1. The van der Waals surface area contributed by atoms with Crippen molar-refractivity contribution in [2.24, 2.45) is 0 Å². The maximum atomic E-state index is 5.76. The van der Waals surface area contributed by atoms with Gasteiger partial charge < -0.3 is 0 Å². The van der Waals surface area contributed by atoms with Gasteiger partial charge in [-0.3, -0.25) is 0 Å². The minimum absolute atomic E-state index is 0.759. The Morgan fingerprint density at radius 2 is 1.92 bits per heavy atom. The van der Waals surface area contributed by atoms with Gasteiger partial charge in [-0.15, -0.1) is 0 Å². The lowest BCUT2D eigenvalue weighted by Crippen LogP contribution is -2.26. The fraction of sp³-hybridized carbons (Fsp3) is 0. The average molecular weight is 180 g/mol. The van der Waals surface area contributed by atoms with Crippen LogP contribution in [0.25, 0.3) is 5.69 Å². The molecule has 1 aromatic carbocycles. The summed E-state index contributed by atoms with van der Waals surface area (Å²) in [6.45, 7) is 0. The van der Waals surface area contributed by atoms with Gasteiger partial charge in [-0.25, -0.2) is 9.55 Å². The first-order valence-corrected chi connectivity index (χ1v) is 4.04. The molecule has 0 aliphatic heterocycles. The molecule has 0 fully saturated rings. The van der Waals surface area contributed by atoms with Gasteiger partial charge in [0.15, 0.2) is 0 Å². The molecule has 12 heavy (non-hydrogen) atoms. The Hall–Kier alpha value is -1.28. The molecule has 0 unspecified atom stereocenters. The zero-order chi connectivity index (χ0) is 8.39. The Morgan fingerprint density at radius 3 is 2.50 bits per heavy atom. The topological polar surface area (TPSA) is 19.7 Å². The number of nitrogens with one attached hydrogen (secondary N) is 1. The SMILES string of the molecule is Clc1ccc(-[n+]2cc[nH]c2)cc1. The van der Waals surface area contributed by atoms with Crippen LogP contribution in [0, 0.1) is 0 Å². The fourth-order valence-corrected chi connectivity index (χ4v) is 1.19. The second-order valence-corrected chi connectivity index (χ2v) is 2.93. The number of aromatic amines is 1. The average Bonchev–Trinajstić information content (AvgIpc) is 2.58. The van der Waals surface area contributed by atoms with Crippen molar-refractivity contribution < 1.29 is 4.57 Å². The van der Waals surface area contributed by atoms with E-state index in [1.807, 2.05) is 47.6 Å². The first-order valence-electron chi connectivity index (χ1n) is 3.66. The highest BCUT2D eigenvalue weighted by Gasteiger charge is 1.99. The van der Waals surface area contributed by atoms with E-state index in [-0.39, 0.29) is 0 Å². The maximum absolute atomic E-state index is 5.76. The third-order valence-corrected chi connectivity index (χ3v) is 1.92. The molecule has 1 aromatic heterocycles. The third-order valence-electron chi connectivity index (χ3n) is 1.67. The predicted molar refractivity (Wildman–Crippen MR) is 47.3 cm³/mol. The first-order chi connectivity index (χ1) is 5.86. The highest BCUT2D eigenvalue weighted by Crippen LogP contribution is 2.08. The highest BCUT2D eigenvalue weighted by atomic mass is 35.5. The van der Waals surface area contributed by atoms with Crippen LogP contribution in [0.5, 0.6) is 0 Å². The molecule has 0 atom stereocenters. The van der Waals surface area contributed by atoms with E-state index in [1.165, 1.54) is 0 Å². The molecule has 0 saturated heterocycles. The van der Waals surface area contributed by atoms with E-state index in [0.717, 1.165) is 10.7 Å². The van der Waals surface area contributed by atoms with Gasteiger partial charge in [0.05, 0.1) is 0 Å². The monoisotopic (exact) mass is 179 g/mol. The molecule has 0 amide bonds. The number of hydrogen-bond acceptors (Lipinski definition) is 0. The van der Waals surface area contributed by atoms with Crippen LogP contribution in [-0.4, -0.2) is 4.98 Å². The van der Waals surface area contributed by atoms with E-state index in [9.17, 15) is 0 Å². The molecule has 60 valence electrons. The van der Waals surface area contributed by atoms with E-state index >= 15 is 0 Å². The molecule has 3 heteroatoms. The van der Waals surface area contributed by atoms with Crippen LogP contribution in [-0.2, 0) is 0 Å². The fourth-order valence-electron chi connectivity index (χ4n) is 1.06. The van der Waals surface area contributed by atoms with Crippen LogP contribution in [0.15, 0.2) is 43.0 Å².